The Morgan fingerprint density at radius 3 is 2.68 bits per heavy atom. The van der Waals surface area contributed by atoms with Gasteiger partial charge in [0.1, 0.15) is 6.04 Å². The second-order valence-electron chi connectivity index (χ2n) is 4.39. The molecule has 2 atom stereocenters. The predicted octanol–water partition coefficient (Wildman–Crippen LogP) is -0.996. The highest BCUT2D eigenvalue weighted by molar-refractivity contribution is 6.03. The van der Waals surface area contributed by atoms with Gasteiger partial charge < -0.3 is 20.7 Å². The predicted molar refractivity (Wildman–Crippen MR) is 68.0 cm³/mol. The topological polar surface area (TPSA) is 102 Å². The Morgan fingerprint density at radius 1 is 1.42 bits per heavy atom. The van der Waals surface area contributed by atoms with E-state index in [-0.39, 0.29) is 12.5 Å². The zero-order valence-electron chi connectivity index (χ0n) is 11.3. The molecule has 0 aromatic heterocycles. The Morgan fingerprint density at radius 2 is 2.11 bits per heavy atom. The van der Waals surface area contributed by atoms with Gasteiger partial charge in [-0.05, 0) is 26.2 Å². The van der Waals surface area contributed by atoms with E-state index in [9.17, 15) is 14.4 Å². The van der Waals surface area contributed by atoms with Crippen LogP contribution in [0.1, 0.15) is 26.2 Å². The fraction of sp³-hybridized carbons (Fsp3) is 0.750. The molecule has 0 spiro atoms. The first kappa shape index (κ1) is 15.4. The average Bonchev–Trinajstić information content (AvgIpc) is 2.45. The number of ether oxygens (including phenoxy) is 1. The van der Waals surface area contributed by atoms with E-state index >= 15 is 0 Å². The number of nitrogens with two attached hydrogens (primary N) is 1. The van der Waals surface area contributed by atoms with Crippen LogP contribution < -0.4 is 11.1 Å². The van der Waals surface area contributed by atoms with Gasteiger partial charge in [0.05, 0.1) is 6.61 Å². The number of rotatable bonds is 4. The summed E-state index contributed by atoms with van der Waals surface area (Å²) in [5, 5.41) is 2.52. The molecule has 1 aliphatic rings. The molecule has 0 radical (unpaired) electrons. The summed E-state index contributed by atoms with van der Waals surface area (Å²) in [6.07, 6.45) is 2.26. The van der Waals surface area contributed by atoms with E-state index in [1.54, 1.807) is 6.92 Å². The van der Waals surface area contributed by atoms with Crippen LogP contribution >= 0.6 is 0 Å². The van der Waals surface area contributed by atoms with Crippen LogP contribution in [0, 0.1) is 0 Å². The molecular weight excluding hydrogens is 250 g/mol. The Kier molecular flexibility index (Phi) is 5.75. The number of nitrogens with one attached hydrogen (secondary N) is 1. The third-order valence-corrected chi connectivity index (χ3v) is 3.14. The summed E-state index contributed by atoms with van der Waals surface area (Å²) in [6.45, 7) is 2.24. The molecule has 3 N–H and O–H groups in total. The van der Waals surface area contributed by atoms with Gasteiger partial charge in [-0.3, -0.25) is 9.59 Å². The van der Waals surface area contributed by atoms with Crippen molar-refractivity contribution in [3.63, 3.8) is 0 Å². The number of hydrogen-bond acceptors (Lipinski definition) is 5. The van der Waals surface area contributed by atoms with Gasteiger partial charge in [-0.2, -0.15) is 0 Å². The molecule has 1 rings (SSSR count). The molecule has 2 unspecified atom stereocenters. The van der Waals surface area contributed by atoms with E-state index in [2.05, 4.69) is 5.32 Å². The minimum absolute atomic E-state index is 0.165. The molecule has 1 fully saturated rings. The zero-order chi connectivity index (χ0) is 14.4. The minimum Gasteiger partial charge on any atom is -0.464 e. The van der Waals surface area contributed by atoms with Crippen molar-refractivity contribution in [1.82, 2.24) is 10.2 Å². The number of carbonyl (C=O) groups is 3. The number of amides is 2. The van der Waals surface area contributed by atoms with Crippen molar-refractivity contribution < 1.29 is 19.1 Å². The Bertz CT molecular complexity index is 359. The molecule has 7 nitrogen and oxygen atoms in total. The van der Waals surface area contributed by atoms with Gasteiger partial charge >= 0.3 is 5.97 Å². The van der Waals surface area contributed by atoms with Gasteiger partial charge in [0.15, 0.2) is 6.04 Å². The molecule has 2 amide bonds. The highest BCUT2D eigenvalue weighted by atomic mass is 16.5. The summed E-state index contributed by atoms with van der Waals surface area (Å²) in [4.78, 5) is 36.8. The van der Waals surface area contributed by atoms with Crippen molar-refractivity contribution in [3.05, 3.63) is 0 Å². The van der Waals surface area contributed by atoms with E-state index < -0.39 is 24.0 Å². The largest absolute Gasteiger partial charge is 0.464 e. The van der Waals surface area contributed by atoms with Crippen LogP contribution in [0.5, 0.6) is 0 Å². The molecule has 19 heavy (non-hydrogen) atoms. The lowest BCUT2D eigenvalue weighted by molar-refractivity contribution is -0.154. The lowest BCUT2D eigenvalue weighted by Gasteiger charge is -2.35. The lowest BCUT2D eigenvalue weighted by atomic mass is 10.0. The number of likely N-dealkylation sites (tertiary alicyclic amines) is 1. The summed E-state index contributed by atoms with van der Waals surface area (Å²) in [7, 11) is 1.52. The van der Waals surface area contributed by atoms with Crippen LogP contribution in [0.3, 0.4) is 0 Å². The molecule has 1 saturated heterocycles. The van der Waals surface area contributed by atoms with Gasteiger partial charge in [-0.25, -0.2) is 4.79 Å². The molecule has 0 aliphatic carbocycles. The van der Waals surface area contributed by atoms with Gasteiger partial charge in [-0.1, -0.05) is 0 Å². The van der Waals surface area contributed by atoms with Crippen molar-refractivity contribution in [2.45, 2.75) is 38.3 Å². The number of carbonyl (C=O) groups excluding carboxylic acids is 3. The second kappa shape index (κ2) is 7.08. The maximum Gasteiger partial charge on any atom is 0.332 e. The van der Waals surface area contributed by atoms with Crippen LogP contribution in [0.25, 0.3) is 0 Å². The first-order chi connectivity index (χ1) is 9.02. The Hall–Kier alpha value is -1.63. The van der Waals surface area contributed by atoms with Crippen molar-refractivity contribution in [1.29, 1.82) is 0 Å². The monoisotopic (exact) mass is 271 g/mol. The minimum atomic E-state index is -1.36. The van der Waals surface area contributed by atoms with Crippen molar-refractivity contribution in [2.75, 3.05) is 20.2 Å². The molecule has 1 aliphatic heterocycles. The van der Waals surface area contributed by atoms with E-state index in [4.69, 9.17) is 10.5 Å². The summed E-state index contributed by atoms with van der Waals surface area (Å²) in [5.41, 5.74) is 5.58. The number of esters is 1. The third kappa shape index (κ3) is 3.66. The van der Waals surface area contributed by atoms with Crippen LogP contribution in [0.2, 0.25) is 0 Å². The zero-order valence-corrected chi connectivity index (χ0v) is 11.3. The number of nitrogens with zero attached hydrogens (tertiary/aromatic N) is 1. The fourth-order valence-electron chi connectivity index (χ4n) is 2.15. The van der Waals surface area contributed by atoms with E-state index in [1.165, 1.54) is 11.9 Å². The quantitative estimate of drug-likeness (QED) is 0.504. The van der Waals surface area contributed by atoms with Crippen LogP contribution in [0.15, 0.2) is 0 Å². The van der Waals surface area contributed by atoms with Gasteiger partial charge in [0.2, 0.25) is 5.91 Å². The number of piperidine rings is 1. The van der Waals surface area contributed by atoms with E-state index in [0.29, 0.717) is 13.0 Å². The molecular formula is C12H21N3O4. The summed E-state index contributed by atoms with van der Waals surface area (Å²) >= 11 is 0. The number of likely N-dealkylation sites (N-methyl/N-ethyl adjacent to an activating group) is 1. The highest BCUT2D eigenvalue weighted by Gasteiger charge is 2.36. The normalized spacial score (nSPS) is 20.6. The maximum atomic E-state index is 12.2. The molecule has 108 valence electrons. The fourth-order valence-corrected chi connectivity index (χ4v) is 2.15. The maximum absolute atomic E-state index is 12.2. The number of hydrogen-bond donors (Lipinski definition) is 2. The van der Waals surface area contributed by atoms with Crippen LogP contribution in [-0.4, -0.2) is 55.0 Å². The van der Waals surface area contributed by atoms with Gasteiger partial charge in [-0.15, -0.1) is 0 Å². The second-order valence-corrected chi connectivity index (χ2v) is 4.39. The lowest BCUT2D eigenvalue weighted by Crippen LogP contribution is -2.57. The summed E-state index contributed by atoms with van der Waals surface area (Å²) in [5.74, 6) is -1.54. The van der Waals surface area contributed by atoms with Crippen LogP contribution in [-0.2, 0) is 19.1 Å². The molecule has 0 aromatic carbocycles. The van der Waals surface area contributed by atoms with Crippen molar-refractivity contribution >= 4 is 17.8 Å². The van der Waals surface area contributed by atoms with Gasteiger partial charge in [0, 0.05) is 13.6 Å². The Labute approximate surface area is 112 Å². The molecule has 7 heteroatoms. The third-order valence-electron chi connectivity index (χ3n) is 3.14. The SMILES string of the molecule is CCOC(=O)C(N)C(=O)N1CCCCC1C(=O)NC. The summed E-state index contributed by atoms with van der Waals surface area (Å²) in [6, 6.07) is -1.91. The first-order valence-electron chi connectivity index (χ1n) is 6.47. The molecule has 0 aromatic rings. The highest BCUT2D eigenvalue weighted by Crippen LogP contribution is 2.18. The van der Waals surface area contributed by atoms with E-state index in [1.807, 2.05) is 0 Å². The van der Waals surface area contributed by atoms with Crippen molar-refractivity contribution in [2.24, 2.45) is 5.73 Å². The van der Waals surface area contributed by atoms with E-state index in [0.717, 1.165) is 12.8 Å². The molecule has 0 bridgehead atoms. The van der Waals surface area contributed by atoms with Crippen molar-refractivity contribution in [3.8, 4) is 0 Å². The smallest absolute Gasteiger partial charge is 0.332 e. The average molecular weight is 271 g/mol. The standard InChI is InChI=1S/C12H21N3O4/c1-3-19-12(18)9(13)11(17)15-7-5-4-6-8(15)10(16)14-2/h8-9H,3-7,13H2,1-2H3,(H,14,16). The first-order valence-corrected chi connectivity index (χ1v) is 6.47. The van der Waals surface area contributed by atoms with Gasteiger partial charge in [0.25, 0.3) is 5.91 Å². The molecule has 0 saturated carbocycles. The summed E-state index contributed by atoms with van der Waals surface area (Å²) < 4.78 is 4.73. The molecule has 1 heterocycles. The Balaban J connectivity index is 2.76. The van der Waals surface area contributed by atoms with Crippen LogP contribution in [0.4, 0.5) is 0 Å².